The number of carbonyl (C=O) groups is 3. The lowest BCUT2D eigenvalue weighted by molar-refractivity contribution is -0.137. The largest absolute Gasteiger partial charge is 0.350 e. The third-order valence-electron chi connectivity index (χ3n) is 11.9. The van der Waals surface area contributed by atoms with E-state index in [9.17, 15) is 14.4 Å². The highest BCUT2D eigenvalue weighted by molar-refractivity contribution is 6.35. The molecule has 3 atom stereocenters. The Labute approximate surface area is 344 Å². The Morgan fingerprint density at radius 3 is 2.34 bits per heavy atom. The Morgan fingerprint density at radius 2 is 1.66 bits per heavy atom. The fourth-order valence-corrected chi connectivity index (χ4v) is 9.63. The van der Waals surface area contributed by atoms with Crippen LogP contribution in [0, 0.1) is 0 Å². The van der Waals surface area contributed by atoms with Crippen LogP contribution in [0.5, 0.6) is 0 Å². The summed E-state index contributed by atoms with van der Waals surface area (Å²) in [4.78, 5) is 52.3. The van der Waals surface area contributed by atoms with Crippen molar-refractivity contribution in [3.05, 3.63) is 117 Å². The van der Waals surface area contributed by atoms with Gasteiger partial charge in [0.15, 0.2) is 0 Å². The van der Waals surface area contributed by atoms with E-state index in [1.54, 1.807) is 19.2 Å². The van der Waals surface area contributed by atoms with Gasteiger partial charge < -0.3 is 25.0 Å². The highest BCUT2D eigenvalue weighted by atomic mass is 35.5. The van der Waals surface area contributed by atoms with Crippen molar-refractivity contribution in [2.45, 2.75) is 77.0 Å². The van der Waals surface area contributed by atoms with Gasteiger partial charge in [0.2, 0.25) is 11.8 Å². The zero-order valence-electron chi connectivity index (χ0n) is 32.2. The maximum atomic E-state index is 14.9. The third-order valence-corrected chi connectivity index (χ3v) is 12.7. The van der Waals surface area contributed by atoms with Crippen LogP contribution in [-0.4, -0.2) is 93.2 Å². The van der Waals surface area contributed by atoms with Crippen molar-refractivity contribution in [1.82, 2.24) is 29.9 Å². The summed E-state index contributed by atoms with van der Waals surface area (Å²) >= 11 is 19.7. The Hall–Kier alpha value is -4.28. The number of piperidine rings is 2. The van der Waals surface area contributed by atoms with E-state index in [-0.39, 0.29) is 41.9 Å². The molecular formula is C44H49Cl3N6O3. The monoisotopic (exact) mass is 814 g/mol. The molecule has 2 unspecified atom stereocenters. The van der Waals surface area contributed by atoms with Crippen LogP contribution < -0.4 is 5.32 Å². The minimum atomic E-state index is -0.327. The van der Waals surface area contributed by atoms with Crippen molar-refractivity contribution in [2.75, 3.05) is 32.7 Å². The quantitative estimate of drug-likeness (QED) is 0.167. The van der Waals surface area contributed by atoms with Crippen LogP contribution >= 0.6 is 34.8 Å². The number of fused-ring (bicyclic) bond motifs is 1. The molecule has 3 aliphatic heterocycles. The van der Waals surface area contributed by atoms with Gasteiger partial charge in [-0.2, -0.15) is 0 Å². The number of H-pyrrole nitrogens is 1. The summed E-state index contributed by atoms with van der Waals surface area (Å²) in [5.74, 6) is -0.0572. The van der Waals surface area contributed by atoms with E-state index >= 15 is 0 Å². The molecule has 0 aliphatic carbocycles. The summed E-state index contributed by atoms with van der Waals surface area (Å²) in [6, 6.07) is 20.6. The Balaban J connectivity index is 1.27. The van der Waals surface area contributed by atoms with Crippen LogP contribution in [0.15, 0.2) is 79.5 Å². The van der Waals surface area contributed by atoms with Gasteiger partial charge >= 0.3 is 0 Å². The summed E-state index contributed by atoms with van der Waals surface area (Å²) in [5.41, 5.74) is 5.28. The van der Waals surface area contributed by atoms with Gasteiger partial charge in [-0.05, 0) is 86.7 Å². The van der Waals surface area contributed by atoms with Crippen LogP contribution in [0.4, 0.5) is 0 Å². The van der Waals surface area contributed by atoms with Crippen LogP contribution in [0.25, 0.3) is 22.2 Å². The first-order chi connectivity index (χ1) is 26.9. The maximum Gasteiger partial charge on any atom is 0.268 e. The number of carbonyl (C=O) groups excluding carboxylic acids is 3. The average Bonchev–Trinajstić information content (AvgIpc) is 3.79. The van der Waals surface area contributed by atoms with E-state index in [0.29, 0.717) is 51.4 Å². The predicted molar refractivity (Wildman–Crippen MR) is 227 cm³/mol. The Bertz CT molecular complexity index is 2160. The fourth-order valence-electron chi connectivity index (χ4n) is 8.89. The molecule has 3 amide bonds. The number of nitrogens with zero attached hydrogens (tertiary/aromatic N) is 4. The van der Waals surface area contributed by atoms with Crippen molar-refractivity contribution in [3.8, 4) is 0 Å². The minimum absolute atomic E-state index is 0.0262. The molecule has 0 spiro atoms. The first-order valence-corrected chi connectivity index (χ1v) is 20.6. The Morgan fingerprint density at radius 1 is 0.946 bits per heavy atom. The summed E-state index contributed by atoms with van der Waals surface area (Å²) in [5, 5.41) is 5.79. The van der Waals surface area contributed by atoms with E-state index in [1.807, 2.05) is 79.4 Å². The number of benzene rings is 3. The Kier molecular flexibility index (Phi) is 12.2. The molecule has 4 aromatic rings. The fraction of sp³-hybridized carbons (Fsp3) is 0.386. The number of hydrogen-bond acceptors (Lipinski definition) is 5. The lowest BCUT2D eigenvalue weighted by atomic mass is 9.95. The van der Waals surface area contributed by atoms with Gasteiger partial charge in [-0.1, -0.05) is 83.8 Å². The van der Waals surface area contributed by atoms with Gasteiger partial charge in [0, 0.05) is 89.7 Å². The summed E-state index contributed by atoms with van der Waals surface area (Å²) in [7, 11) is 0. The molecule has 4 heterocycles. The number of likely N-dealkylation sites (tertiary alicyclic amines) is 3. The lowest BCUT2D eigenvalue weighted by Gasteiger charge is -2.42. The molecule has 7 rings (SSSR count). The molecule has 56 heavy (non-hydrogen) atoms. The number of aromatic amines is 1. The van der Waals surface area contributed by atoms with Gasteiger partial charge in [-0.3, -0.25) is 19.3 Å². The number of halogens is 3. The molecule has 9 nitrogen and oxygen atoms in total. The smallest absolute Gasteiger partial charge is 0.268 e. The second-order valence-corrected chi connectivity index (χ2v) is 16.5. The van der Waals surface area contributed by atoms with Crippen LogP contribution in [0.2, 0.25) is 15.1 Å². The second-order valence-electron chi connectivity index (χ2n) is 15.2. The van der Waals surface area contributed by atoms with Gasteiger partial charge in [0.1, 0.15) is 5.69 Å². The average molecular weight is 816 g/mol. The molecule has 3 saturated heterocycles. The van der Waals surface area contributed by atoms with Crippen molar-refractivity contribution >= 4 is 74.7 Å². The number of hydrogen-bond donors (Lipinski definition) is 2. The van der Waals surface area contributed by atoms with Crippen molar-refractivity contribution in [2.24, 2.45) is 0 Å². The normalized spacial score (nSPS) is 20.6. The van der Waals surface area contributed by atoms with Gasteiger partial charge in [-0.25, -0.2) is 0 Å². The van der Waals surface area contributed by atoms with Gasteiger partial charge in [-0.15, -0.1) is 0 Å². The van der Waals surface area contributed by atoms with Gasteiger partial charge in [0.05, 0.1) is 17.8 Å². The van der Waals surface area contributed by atoms with Crippen molar-refractivity contribution in [3.63, 3.8) is 0 Å². The summed E-state index contributed by atoms with van der Waals surface area (Å²) < 4.78 is 0. The number of nitrogens with one attached hydrogen (secondary N) is 2. The standard InChI is InChI=1S/C44H49Cl3N6O3/c1-5-52(28(3)34-16-14-31(45)23-36(34)47)43(27(2)30-11-7-6-8-12-30)41-35-17-15-32(46)24-37(35)48-42(41)44(56)49-38-25-51(29(4)54)26-39(38)50-21-18-33(19-22-50)53-20-10-9-13-40(53)55/h5-8,11-12,14-17,23-24,28,33,38-39,48H,1,9-10,13,18-22,25-26H2,2-4H3,(H,49,56)/b43-27+/t28?,38-,39?/m0/s1. The lowest BCUT2D eigenvalue weighted by Crippen LogP contribution is -2.56. The molecule has 3 fully saturated rings. The van der Waals surface area contributed by atoms with Crippen molar-refractivity contribution < 1.29 is 14.4 Å². The highest BCUT2D eigenvalue weighted by Crippen LogP contribution is 2.42. The molecule has 0 radical (unpaired) electrons. The van der Waals surface area contributed by atoms with E-state index in [0.717, 1.165) is 73.1 Å². The predicted octanol–water partition coefficient (Wildman–Crippen LogP) is 9.03. The minimum Gasteiger partial charge on any atom is -0.350 e. The highest BCUT2D eigenvalue weighted by Gasteiger charge is 2.42. The van der Waals surface area contributed by atoms with Crippen LogP contribution in [-0.2, 0) is 9.59 Å². The third kappa shape index (κ3) is 8.10. The van der Waals surface area contributed by atoms with Crippen molar-refractivity contribution in [1.29, 1.82) is 0 Å². The van der Waals surface area contributed by atoms with Crippen LogP contribution in [0.3, 0.4) is 0 Å². The molecule has 0 saturated carbocycles. The number of amides is 3. The number of allylic oxidation sites excluding steroid dienone is 1. The SMILES string of the molecule is C=CN(/C(=C(\C)c1ccccc1)c1c(C(=O)N[C@H]2CN(C(C)=O)CC2N2CCC(N3CCCCC3=O)CC2)[nH]c2cc(Cl)ccc12)C(C)c1ccc(Cl)cc1Cl. The molecule has 294 valence electrons. The first-order valence-electron chi connectivity index (χ1n) is 19.5. The van der Waals surface area contributed by atoms with E-state index in [4.69, 9.17) is 34.8 Å². The summed E-state index contributed by atoms with van der Waals surface area (Å²) in [6.45, 7) is 13.3. The maximum absolute atomic E-state index is 14.9. The molecule has 3 aromatic carbocycles. The van der Waals surface area contributed by atoms with Crippen LogP contribution in [0.1, 0.15) is 86.1 Å². The van der Waals surface area contributed by atoms with E-state index < -0.39 is 0 Å². The molecule has 2 N–H and O–H groups in total. The van der Waals surface area contributed by atoms with E-state index in [2.05, 4.69) is 31.6 Å². The topological polar surface area (TPSA) is 92.0 Å². The van der Waals surface area contributed by atoms with E-state index in [1.165, 1.54) is 0 Å². The second kappa shape index (κ2) is 17.1. The zero-order valence-corrected chi connectivity index (χ0v) is 34.4. The molecule has 12 heteroatoms. The molecule has 1 aromatic heterocycles. The molecular weight excluding hydrogens is 767 g/mol. The molecule has 3 aliphatic rings. The summed E-state index contributed by atoms with van der Waals surface area (Å²) in [6.07, 6.45) is 6.16. The number of aromatic nitrogens is 1. The van der Waals surface area contributed by atoms with Gasteiger partial charge in [0.25, 0.3) is 5.91 Å². The number of rotatable bonds is 10. The zero-order chi connectivity index (χ0) is 39.7. The first kappa shape index (κ1) is 39.9. The molecule has 0 bridgehead atoms.